The lowest BCUT2D eigenvalue weighted by atomic mass is 9.74. The minimum Gasteiger partial charge on any atom is -0.481 e. The van der Waals surface area contributed by atoms with E-state index < -0.39 is 0 Å². The summed E-state index contributed by atoms with van der Waals surface area (Å²) in [5.41, 5.74) is 1.31. The molecule has 1 aromatic heterocycles. The summed E-state index contributed by atoms with van der Waals surface area (Å²) in [6, 6.07) is 13.0. The fourth-order valence-corrected chi connectivity index (χ4v) is 4.84. The van der Waals surface area contributed by atoms with Gasteiger partial charge in [0.25, 0.3) is 0 Å². The molecule has 0 unspecified atom stereocenters. The average molecular weight is 456 g/mol. The van der Waals surface area contributed by atoms with E-state index >= 15 is 0 Å². The molecular weight excluding hydrogens is 422 g/mol. The topological polar surface area (TPSA) is 71.5 Å². The fraction of sp³-hybridized carbons (Fsp3) is 0.542. The molecule has 4 rings (SSSR count). The van der Waals surface area contributed by atoms with E-state index in [1.807, 2.05) is 6.07 Å². The van der Waals surface area contributed by atoms with Crippen molar-refractivity contribution in [3.05, 3.63) is 42.0 Å². The van der Waals surface area contributed by atoms with Crippen LogP contribution in [0.2, 0.25) is 0 Å². The van der Waals surface area contributed by atoms with Crippen molar-refractivity contribution < 1.29 is 9.47 Å². The second-order valence-electron chi connectivity index (χ2n) is 8.70. The molecular formula is C24H33N5O2S. The summed E-state index contributed by atoms with van der Waals surface area (Å²) < 4.78 is 11.1. The number of methoxy groups -OCH3 is 1. The predicted octanol–water partition coefficient (Wildman–Crippen LogP) is 3.90. The maximum absolute atomic E-state index is 5.64. The number of nitrogens with zero attached hydrogens (tertiary/aromatic N) is 3. The molecule has 3 heterocycles. The van der Waals surface area contributed by atoms with Crippen molar-refractivity contribution in [1.29, 1.82) is 0 Å². The van der Waals surface area contributed by atoms with Crippen LogP contribution in [0.15, 0.2) is 36.4 Å². The van der Waals surface area contributed by atoms with E-state index in [1.54, 1.807) is 7.11 Å². The van der Waals surface area contributed by atoms with Gasteiger partial charge in [-0.2, -0.15) is 9.97 Å². The highest BCUT2D eigenvalue weighted by molar-refractivity contribution is 7.80. The smallest absolute Gasteiger partial charge is 0.234 e. The molecule has 2 aliphatic rings. The van der Waals surface area contributed by atoms with Crippen LogP contribution in [0.4, 0.5) is 11.8 Å². The van der Waals surface area contributed by atoms with E-state index in [0.29, 0.717) is 23.0 Å². The Labute approximate surface area is 195 Å². The van der Waals surface area contributed by atoms with Crippen LogP contribution in [0.5, 0.6) is 5.88 Å². The molecule has 0 aliphatic carbocycles. The van der Waals surface area contributed by atoms with Crippen LogP contribution in [0.25, 0.3) is 0 Å². The Balaban J connectivity index is 1.46. The number of thiocarbonyl (C=S) groups is 1. The number of rotatable bonds is 6. The lowest BCUT2D eigenvalue weighted by Crippen LogP contribution is -2.45. The van der Waals surface area contributed by atoms with Gasteiger partial charge in [0.15, 0.2) is 5.11 Å². The highest BCUT2D eigenvalue weighted by Gasteiger charge is 2.34. The van der Waals surface area contributed by atoms with Gasteiger partial charge in [0, 0.05) is 43.8 Å². The summed E-state index contributed by atoms with van der Waals surface area (Å²) in [4.78, 5) is 11.5. The van der Waals surface area contributed by atoms with Gasteiger partial charge in [0.1, 0.15) is 5.82 Å². The summed E-state index contributed by atoms with van der Waals surface area (Å²) in [6.45, 7) is 5.47. The van der Waals surface area contributed by atoms with Gasteiger partial charge >= 0.3 is 0 Å². The third-order valence-corrected chi connectivity index (χ3v) is 6.89. The molecule has 2 saturated heterocycles. The zero-order valence-corrected chi connectivity index (χ0v) is 19.8. The molecule has 2 N–H and O–H groups in total. The fourth-order valence-electron chi connectivity index (χ4n) is 4.68. The SMILES string of the molecule is COc1cc(N2CCCC[C@@H]2C)nc(NC(=S)NCC2(c3ccccc3)CCOCC2)n1. The highest BCUT2D eigenvalue weighted by atomic mass is 32.1. The maximum atomic E-state index is 5.64. The Bertz CT molecular complexity index is 905. The van der Waals surface area contributed by atoms with Crippen LogP contribution < -0.4 is 20.3 Å². The molecule has 1 aromatic carbocycles. The maximum Gasteiger partial charge on any atom is 0.234 e. The second-order valence-corrected chi connectivity index (χ2v) is 9.10. The molecule has 0 amide bonds. The van der Waals surface area contributed by atoms with E-state index in [9.17, 15) is 0 Å². The minimum absolute atomic E-state index is 0.00508. The van der Waals surface area contributed by atoms with Gasteiger partial charge in [-0.1, -0.05) is 30.3 Å². The summed E-state index contributed by atoms with van der Waals surface area (Å²) in [7, 11) is 1.63. The third-order valence-electron chi connectivity index (χ3n) is 6.64. The van der Waals surface area contributed by atoms with E-state index in [1.165, 1.54) is 24.8 Å². The summed E-state index contributed by atoms with van der Waals surface area (Å²) in [6.07, 6.45) is 5.51. The van der Waals surface area contributed by atoms with Gasteiger partial charge in [-0.25, -0.2) is 0 Å². The van der Waals surface area contributed by atoms with Crippen LogP contribution in [-0.2, 0) is 10.2 Å². The summed E-state index contributed by atoms with van der Waals surface area (Å²) in [5.74, 6) is 1.86. The van der Waals surface area contributed by atoms with E-state index in [0.717, 1.165) is 45.0 Å². The second kappa shape index (κ2) is 10.4. The average Bonchev–Trinajstić information content (AvgIpc) is 2.84. The lowest BCUT2D eigenvalue weighted by molar-refractivity contribution is 0.0515. The van der Waals surface area contributed by atoms with Crippen molar-refractivity contribution in [3.63, 3.8) is 0 Å². The number of ether oxygens (including phenoxy) is 2. The number of piperidine rings is 1. The van der Waals surface area contributed by atoms with Gasteiger partial charge < -0.3 is 25.0 Å². The Kier molecular flexibility index (Phi) is 7.42. The van der Waals surface area contributed by atoms with Crippen LogP contribution in [0.1, 0.15) is 44.6 Å². The van der Waals surface area contributed by atoms with Crippen molar-refractivity contribution >= 4 is 29.1 Å². The van der Waals surface area contributed by atoms with Crippen LogP contribution in [0.3, 0.4) is 0 Å². The molecule has 7 nitrogen and oxygen atoms in total. The van der Waals surface area contributed by atoms with Gasteiger partial charge in [-0.05, 0) is 56.8 Å². The third kappa shape index (κ3) is 5.30. The van der Waals surface area contributed by atoms with E-state index in [-0.39, 0.29) is 5.41 Å². The molecule has 0 bridgehead atoms. The molecule has 32 heavy (non-hydrogen) atoms. The van der Waals surface area contributed by atoms with E-state index in [4.69, 9.17) is 26.7 Å². The molecule has 2 aromatic rings. The minimum atomic E-state index is -0.00508. The Morgan fingerprint density at radius 2 is 2.00 bits per heavy atom. The Morgan fingerprint density at radius 1 is 1.22 bits per heavy atom. The number of anilines is 2. The van der Waals surface area contributed by atoms with Crippen LogP contribution >= 0.6 is 12.2 Å². The molecule has 172 valence electrons. The first-order chi connectivity index (χ1) is 15.6. The standard InChI is InChI=1S/C24H33N5O2S/c1-18-8-6-7-13-29(18)20-16-21(30-2)27-22(26-20)28-23(32)25-17-24(11-14-31-15-12-24)19-9-4-3-5-10-19/h3-5,9-10,16,18H,6-8,11-15,17H2,1-2H3,(H2,25,26,27,28,32)/t18-/m0/s1. The van der Waals surface area contributed by atoms with E-state index in [2.05, 4.69) is 57.8 Å². The first-order valence-electron chi connectivity index (χ1n) is 11.5. The van der Waals surface area contributed by atoms with Gasteiger partial charge in [0.2, 0.25) is 11.8 Å². The zero-order chi connectivity index (χ0) is 22.4. The van der Waals surface area contributed by atoms with Gasteiger partial charge in [-0.15, -0.1) is 0 Å². The van der Waals surface area contributed by atoms with Crippen LogP contribution in [-0.4, -0.2) is 54.5 Å². The lowest BCUT2D eigenvalue weighted by Gasteiger charge is -2.38. The Hall–Kier alpha value is -2.45. The van der Waals surface area contributed by atoms with Gasteiger partial charge in [-0.3, -0.25) is 0 Å². The van der Waals surface area contributed by atoms with Crippen molar-refractivity contribution in [3.8, 4) is 5.88 Å². The number of benzene rings is 1. The van der Waals surface area contributed by atoms with Crippen LogP contribution in [0, 0.1) is 0 Å². The Morgan fingerprint density at radius 3 is 2.72 bits per heavy atom. The largest absolute Gasteiger partial charge is 0.481 e. The number of hydrogen-bond donors (Lipinski definition) is 2. The molecule has 0 spiro atoms. The van der Waals surface area contributed by atoms with Crippen molar-refractivity contribution in [2.45, 2.75) is 50.5 Å². The van der Waals surface area contributed by atoms with Crippen molar-refractivity contribution in [1.82, 2.24) is 15.3 Å². The monoisotopic (exact) mass is 455 g/mol. The summed E-state index contributed by atoms with van der Waals surface area (Å²) in [5, 5.41) is 7.11. The molecule has 0 radical (unpaired) electrons. The van der Waals surface area contributed by atoms with Crippen molar-refractivity contribution in [2.24, 2.45) is 0 Å². The van der Waals surface area contributed by atoms with Gasteiger partial charge in [0.05, 0.1) is 7.11 Å². The normalized spacial score (nSPS) is 20.4. The molecule has 8 heteroatoms. The van der Waals surface area contributed by atoms with Crippen molar-refractivity contribution in [2.75, 3.05) is 43.6 Å². The highest BCUT2D eigenvalue weighted by Crippen LogP contribution is 2.34. The zero-order valence-electron chi connectivity index (χ0n) is 19.0. The predicted molar refractivity (Wildman–Crippen MR) is 132 cm³/mol. The molecule has 1 atom stereocenters. The summed E-state index contributed by atoms with van der Waals surface area (Å²) >= 11 is 5.62. The number of aromatic nitrogens is 2. The molecule has 0 saturated carbocycles. The first kappa shape index (κ1) is 22.7. The first-order valence-corrected chi connectivity index (χ1v) is 11.9. The number of nitrogens with one attached hydrogen (secondary N) is 2. The number of hydrogen-bond acceptors (Lipinski definition) is 6. The quantitative estimate of drug-likeness (QED) is 0.636. The molecule has 2 aliphatic heterocycles. The molecule has 2 fully saturated rings.